The number of aryl methyl sites for hydroxylation is 1. The van der Waals surface area contributed by atoms with Crippen molar-refractivity contribution in [1.29, 1.82) is 0 Å². The average Bonchev–Trinajstić information content (AvgIpc) is 2.15. The lowest BCUT2D eigenvalue weighted by molar-refractivity contribution is 0.425. The van der Waals surface area contributed by atoms with Crippen molar-refractivity contribution in [2.75, 3.05) is 0 Å². The SMILES string of the molecule is Cc1c(O)ccc2cc(O)c(=O)oc12. The quantitative estimate of drug-likeness (QED) is 0.620. The van der Waals surface area contributed by atoms with Crippen LogP contribution in [0.3, 0.4) is 0 Å². The Hall–Kier alpha value is -1.97. The van der Waals surface area contributed by atoms with Crippen molar-refractivity contribution in [3.63, 3.8) is 0 Å². The second-order valence-electron chi connectivity index (χ2n) is 3.05. The number of hydrogen-bond acceptors (Lipinski definition) is 4. The van der Waals surface area contributed by atoms with Crippen LogP contribution in [-0.2, 0) is 0 Å². The molecule has 0 radical (unpaired) electrons. The summed E-state index contributed by atoms with van der Waals surface area (Å²) in [5.74, 6) is -0.367. The summed E-state index contributed by atoms with van der Waals surface area (Å²) in [6.45, 7) is 1.64. The van der Waals surface area contributed by atoms with Crippen LogP contribution in [0.25, 0.3) is 11.0 Å². The second-order valence-corrected chi connectivity index (χ2v) is 3.05. The van der Waals surface area contributed by atoms with Crippen LogP contribution < -0.4 is 5.63 Å². The molecule has 1 aromatic carbocycles. The molecule has 0 aliphatic carbocycles. The zero-order valence-corrected chi connectivity index (χ0v) is 7.44. The molecule has 2 rings (SSSR count). The number of hydrogen-bond donors (Lipinski definition) is 2. The van der Waals surface area contributed by atoms with Gasteiger partial charge in [0.1, 0.15) is 11.3 Å². The fourth-order valence-corrected chi connectivity index (χ4v) is 1.30. The summed E-state index contributed by atoms with van der Waals surface area (Å²) in [4.78, 5) is 11.0. The van der Waals surface area contributed by atoms with E-state index in [9.17, 15) is 9.90 Å². The molecule has 0 unspecified atom stereocenters. The Labute approximate surface area is 79.0 Å². The summed E-state index contributed by atoms with van der Waals surface area (Å²) in [6, 6.07) is 4.37. The van der Waals surface area contributed by atoms with E-state index in [0.29, 0.717) is 16.5 Å². The maximum Gasteiger partial charge on any atom is 0.378 e. The molecule has 0 aliphatic rings. The van der Waals surface area contributed by atoms with Gasteiger partial charge < -0.3 is 14.6 Å². The summed E-state index contributed by atoms with van der Waals surface area (Å²) in [7, 11) is 0. The molecule has 1 aromatic heterocycles. The lowest BCUT2D eigenvalue weighted by atomic mass is 10.1. The van der Waals surface area contributed by atoms with Crippen molar-refractivity contribution in [2.24, 2.45) is 0 Å². The molecule has 1 heterocycles. The molecular formula is C10H8O4. The van der Waals surface area contributed by atoms with Gasteiger partial charge in [0.2, 0.25) is 5.75 Å². The first-order valence-corrected chi connectivity index (χ1v) is 4.05. The van der Waals surface area contributed by atoms with E-state index in [1.807, 2.05) is 0 Å². The number of phenolic OH excluding ortho intramolecular Hbond substituents is 1. The Kier molecular flexibility index (Phi) is 1.70. The van der Waals surface area contributed by atoms with Crippen LogP contribution >= 0.6 is 0 Å². The van der Waals surface area contributed by atoms with Crippen LogP contribution in [0.2, 0.25) is 0 Å². The number of benzene rings is 1. The minimum absolute atomic E-state index is 0.0614. The predicted octanol–water partition coefficient (Wildman–Crippen LogP) is 1.51. The van der Waals surface area contributed by atoms with Crippen LogP contribution in [-0.4, -0.2) is 10.2 Å². The van der Waals surface area contributed by atoms with Crippen molar-refractivity contribution >= 4 is 11.0 Å². The van der Waals surface area contributed by atoms with E-state index < -0.39 is 11.4 Å². The zero-order chi connectivity index (χ0) is 10.3. The molecule has 2 aromatic rings. The lowest BCUT2D eigenvalue weighted by Gasteiger charge is -2.02. The van der Waals surface area contributed by atoms with Crippen molar-refractivity contribution < 1.29 is 14.6 Å². The first-order valence-electron chi connectivity index (χ1n) is 4.05. The van der Waals surface area contributed by atoms with Gasteiger partial charge in [-0.05, 0) is 25.1 Å². The van der Waals surface area contributed by atoms with E-state index >= 15 is 0 Å². The first-order chi connectivity index (χ1) is 6.59. The monoisotopic (exact) mass is 192 g/mol. The Bertz CT molecular complexity index is 554. The average molecular weight is 192 g/mol. The van der Waals surface area contributed by atoms with Gasteiger partial charge in [0, 0.05) is 10.9 Å². The molecule has 0 atom stereocenters. The largest absolute Gasteiger partial charge is 0.508 e. The molecule has 0 fully saturated rings. The van der Waals surface area contributed by atoms with Gasteiger partial charge in [-0.25, -0.2) is 4.79 Å². The first kappa shape index (κ1) is 8.62. The highest BCUT2D eigenvalue weighted by atomic mass is 16.4. The molecule has 14 heavy (non-hydrogen) atoms. The van der Waals surface area contributed by atoms with Gasteiger partial charge >= 0.3 is 5.63 Å². The number of phenols is 1. The van der Waals surface area contributed by atoms with Gasteiger partial charge in [0.25, 0.3) is 0 Å². The highest BCUT2D eigenvalue weighted by molar-refractivity contribution is 5.82. The minimum atomic E-state index is -0.800. The van der Waals surface area contributed by atoms with Crippen molar-refractivity contribution in [2.45, 2.75) is 6.92 Å². The van der Waals surface area contributed by atoms with Crippen LogP contribution in [0, 0.1) is 6.92 Å². The third-order valence-electron chi connectivity index (χ3n) is 2.10. The zero-order valence-electron chi connectivity index (χ0n) is 7.44. The van der Waals surface area contributed by atoms with Crippen LogP contribution in [0.15, 0.2) is 27.4 Å². The van der Waals surface area contributed by atoms with Gasteiger partial charge in [-0.3, -0.25) is 0 Å². The van der Waals surface area contributed by atoms with Crippen LogP contribution in [0.5, 0.6) is 11.5 Å². The fourth-order valence-electron chi connectivity index (χ4n) is 1.30. The van der Waals surface area contributed by atoms with Crippen LogP contribution in [0.4, 0.5) is 0 Å². The topological polar surface area (TPSA) is 70.7 Å². The van der Waals surface area contributed by atoms with Gasteiger partial charge in [-0.15, -0.1) is 0 Å². The molecular weight excluding hydrogens is 184 g/mol. The molecule has 0 bridgehead atoms. The smallest absolute Gasteiger partial charge is 0.378 e. The molecule has 0 amide bonds. The Balaban J connectivity index is 2.97. The van der Waals surface area contributed by atoms with E-state index in [1.165, 1.54) is 12.1 Å². The Morgan fingerprint density at radius 3 is 2.64 bits per heavy atom. The van der Waals surface area contributed by atoms with Crippen molar-refractivity contribution in [1.82, 2.24) is 0 Å². The lowest BCUT2D eigenvalue weighted by Crippen LogP contribution is -1.97. The molecule has 0 saturated carbocycles. The number of rotatable bonds is 0. The minimum Gasteiger partial charge on any atom is -0.508 e. The predicted molar refractivity (Wildman–Crippen MR) is 50.6 cm³/mol. The molecule has 0 aliphatic heterocycles. The van der Waals surface area contributed by atoms with E-state index in [-0.39, 0.29) is 5.75 Å². The van der Waals surface area contributed by atoms with Gasteiger partial charge in [0.05, 0.1) is 0 Å². The highest BCUT2D eigenvalue weighted by Crippen LogP contribution is 2.26. The fraction of sp³-hybridized carbons (Fsp3) is 0.100. The summed E-state index contributed by atoms with van der Waals surface area (Å²) in [6.07, 6.45) is 0. The summed E-state index contributed by atoms with van der Waals surface area (Å²) < 4.78 is 4.84. The van der Waals surface area contributed by atoms with Crippen molar-refractivity contribution in [3.8, 4) is 11.5 Å². The highest BCUT2D eigenvalue weighted by Gasteiger charge is 2.08. The summed E-state index contributed by atoms with van der Waals surface area (Å²) >= 11 is 0. The maximum absolute atomic E-state index is 11.0. The standard InChI is InChI=1S/C10H8O4/c1-5-7(11)3-2-6-4-8(12)10(13)14-9(5)6/h2-4,11-12H,1H3. The molecule has 0 saturated heterocycles. The van der Waals surface area contributed by atoms with Gasteiger partial charge in [-0.1, -0.05) is 0 Å². The van der Waals surface area contributed by atoms with E-state index in [1.54, 1.807) is 13.0 Å². The van der Waals surface area contributed by atoms with Crippen molar-refractivity contribution in [3.05, 3.63) is 34.2 Å². The molecule has 72 valence electrons. The molecule has 4 heteroatoms. The number of aromatic hydroxyl groups is 2. The van der Waals surface area contributed by atoms with E-state index in [2.05, 4.69) is 0 Å². The van der Waals surface area contributed by atoms with Crippen LogP contribution in [0.1, 0.15) is 5.56 Å². The molecule has 2 N–H and O–H groups in total. The Morgan fingerprint density at radius 2 is 1.93 bits per heavy atom. The second kappa shape index (κ2) is 2.77. The number of fused-ring (bicyclic) bond motifs is 1. The van der Waals surface area contributed by atoms with E-state index in [4.69, 9.17) is 9.52 Å². The van der Waals surface area contributed by atoms with E-state index in [0.717, 1.165) is 0 Å². The van der Waals surface area contributed by atoms with Gasteiger partial charge in [0.15, 0.2) is 0 Å². The Morgan fingerprint density at radius 1 is 1.21 bits per heavy atom. The summed E-state index contributed by atoms with van der Waals surface area (Å²) in [5.41, 5.74) is -0.0152. The van der Waals surface area contributed by atoms with Gasteiger partial charge in [-0.2, -0.15) is 0 Å². The normalized spacial score (nSPS) is 10.6. The third kappa shape index (κ3) is 1.12. The molecule has 4 nitrogen and oxygen atoms in total. The maximum atomic E-state index is 11.0. The molecule has 0 spiro atoms. The third-order valence-corrected chi connectivity index (χ3v) is 2.10. The summed E-state index contributed by atoms with van der Waals surface area (Å²) in [5, 5.41) is 19.0.